The van der Waals surface area contributed by atoms with Crippen molar-refractivity contribution in [1.82, 2.24) is 0 Å². The third-order valence-corrected chi connectivity index (χ3v) is 6.13. The van der Waals surface area contributed by atoms with E-state index in [-0.39, 0.29) is 0 Å². The lowest BCUT2D eigenvalue weighted by molar-refractivity contribution is 0.340. The number of anilines is 2. The number of ether oxygens (including phenoxy) is 2. The highest BCUT2D eigenvalue weighted by molar-refractivity contribution is 5.81. The lowest BCUT2D eigenvalue weighted by atomic mass is 9.63. The summed E-state index contributed by atoms with van der Waals surface area (Å²) in [6.45, 7) is 5.32. The average Bonchev–Trinajstić information content (AvgIpc) is 2.84. The minimum absolute atomic E-state index is 0.464. The third-order valence-electron chi connectivity index (χ3n) is 6.13. The van der Waals surface area contributed by atoms with E-state index < -0.39 is 5.41 Å². The quantitative estimate of drug-likeness (QED) is 0.323. The molecule has 0 amide bonds. The van der Waals surface area contributed by atoms with E-state index in [9.17, 15) is 0 Å². The van der Waals surface area contributed by atoms with Gasteiger partial charge in [0.15, 0.2) is 0 Å². The minimum atomic E-state index is -0.464. The van der Waals surface area contributed by atoms with Crippen LogP contribution >= 0.6 is 0 Å². The Balaban J connectivity index is 1.82. The summed E-state index contributed by atoms with van der Waals surface area (Å²) in [7, 11) is 0. The number of fused-ring (bicyclic) bond motifs is 2. The van der Waals surface area contributed by atoms with Crippen LogP contribution in [0.3, 0.4) is 0 Å². The van der Waals surface area contributed by atoms with Crippen LogP contribution < -0.4 is 14.8 Å². The highest BCUT2D eigenvalue weighted by Gasteiger charge is 2.43. The molecular weight excluding hydrogens is 394 g/mol. The van der Waals surface area contributed by atoms with Crippen molar-refractivity contribution in [2.75, 3.05) is 18.5 Å². The molecule has 32 heavy (non-hydrogen) atoms. The summed E-state index contributed by atoms with van der Waals surface area (Å²) >= 11 is 0. The molecular formula is C29H27NO2. The predicted molar refractivity (Wildman–Crippen MR) is 130 cm³/mol. The van der Waals surface area contributed by atoms with Gasteiger partial charge in [-0.15, -0.1) is 0 Å². The molecule has 1 aliphatic rings. The van der Waals surface area contributed by atoms with Gasteiger partial charge >= 0.3 is 0 Å². The number of hydrogen-bond acceptors (Lipinski definition) is 3. The molecule has 0 radical (unpaired) electrons. The molecule has 4 aromatic rings. The number of para-hydroxylation sites is 2. The van der Waals surface area contributed by atoms with Gasteiger partial charge in [0.25, 0.3) is 0 Å². The Kier molecular flexibility index (Phi) is 5.32. The van der Waals surface area contributed by atoms with Gasteiger partial charge in [0.2, 0.25) is 0 Å². The van der Waals surface area contributed by atoms with Gasteiger partial charge in [0.1, 0.15) is 11.5 Å². The smallest absolute Gasteiger partial charge is 0.119 e. The Labute approximate surface area is 189 Å². The second-order valence-electron chi connectivity index (χ2n) is 7.88. The largest absolute Gasteiger partial charge is 0.494 e. The molecule has 1 aliphatic heterocycles. The molecule has 0 saturated heterocycles. The molecule has 0 saturated carbocycles. The second-order valence-corrected chi connectivity index (χ2v) is 7.88. The molecule has 0 aliphatic carbocycles. The van der Waals surface area contributed by atoms with E-state index in [1.807, 2.05) is 13.8 Å². The fourth-order valence-corrected chi connectivity index (χ4v) is 4.85. The topological polar surface area (TPSA) is 30.5 Å². The molecule has 0 unspecified atom stereocenters. The Morgan fingerprint density at radius 1 is 0.562 bits per heavy atom. The van der Waals surface area contributed by atoms with Crippen molar-refractivity contribution in [1.29, 1.82) is 0 Å². The molecule has 0 bridgehead atoms. The Hall–Kier alpha value is -3.72. The van der Waals surface area contributed by atoms with Crippen LogP contribution in [0, 0.1) is 0 Å². The highest BCUT2D eigenvalue weighted by Crippen LogP contribution is 2.53. The van der Waals surface area contributed by atoms with Crippen molar-refractivity contribution in [3.05, 3.63) is 119 Å². The van der Waals surface area contributed by atoms with Gasteiger partial charge in [-0.3, -0.25) is 0 Å². The summed E-state index contributed by atoms with van der Waals surface area (Å²) in [5, 5.41) is 3.65. The second kappa shape index (κ2) is 8.43. The number of benzene rings is 4. The molecule has 1 heterocycles. The Morgan fingerprint density at radius 2 is 0.969 bits per heavy atom. The summed E-state index contributed by atoms with van der Waals surface area (Å²) in [5.74, 6) is 1.77. The Bertz CT molecular complexity index is 1120. The highest BCUT2D eigenvalue weighted by atomic mass is 16.5. The number of rotatable bonds is 6. The molecule has 3 nitrogen and oxygen atoms in total. The monoisotopic (exact) mass is 421 g/mol. The maximum Gasteiger partial charge on any atom is 0.119 e. The predicted octanol–water partition coefficient (Wildman–Crippen LogP) is 6.92. The van der Waals surface area contributed by atoms with E-state index in [0.29, 0.717) is 13.2 Å². The molecule has 0 fully saturated rings. The van der Waals surface area contributed by atoms with Gasteiger partial charge in [-0.2, -0.15) is 0 Å². The van der Waals surface area contributed by atoms with Gasteiger partial charge in [-0.25, -0.2) is 0 Å². The summed E-state index contributed by atoms with van der Waals surface area (Å²) in [5.41, 5.74) is 6.63. The first-order valence-electron chi connectivity index (χ1n) is 11.2. The van der Waals surface area contributed by atoms with E-state index in [2.05, 4.69) is 102 Å². The fraction of sp³-hybridized carbons (Fsp3) is 0.172. The van der Waals surface area contributed by atoms with Crippen LogP contribution in [0.1, 0.15) is 36.1 Å². The maximum absolute atomic E-state index is 5.74. The van der Waals surface area contributed by atoms with Crippen molar-refractivity contribution in [2.45, 2.75) is 19.3 Å². The summed E-state index contributed by atoms with van der Waals surface area (Å²) in [6.07, 6.45) is 0. The molecule has 0 atom stereocenters. The van der Waals surface area contributed by atoms with E-state index in [0.717, 1.165) is 22.9 Å². The first-order valence-corrected chi connectivity index (χ1v) is 11.2. The molecule has 4 aromatic carbocycles. The van der Waals surface area contributed by atoms with Crippen molar-refractivity contribution in [3.8, 4) is 11.5 Å². The van der Waals surface area contributed by atoms with Crippen LogP contribution in [0.5, 0.6) is 11.5 Å². The summed E-state index contributed by atoms with van der Waals surface area (Å²) in [4.78, 5) is 0. The van der Waals surface area contributed by atoms with E-state index in [4.69, 9.17) is 9.47 Å². The van der Waals surface area contributed by atoms with Crippen LogP contribution in [0.25, 0.3) is 0 Å². The first-order chi connectivity index (χ1) is 15.8. The van der Waals surface area contributed by atoms with Crippen molar-refractivity contribution < 1.29 is 9.47 Å². The van der Waals surface area contributed by atoms with Crippen LogP contribution in [-0.2, 0) is 5.41 Å². The summed E-state index contributed by atoms with van der Waals surface area (Å²) in [6, 6.07) is 34.2. The number of hydrogen-bond donors (Lipinski definition) is 1. The van der Waals surface area contributed by atoms with Gasteiger partial charge in [0, 0.05) is 11.4 Å². The molecule has 3 heteroatoms. The molecule has 160 valence electrons. The van der Waals surface area contributed by atoms with E-state index in [1.165, 1.54) is 22.3 Å². The third kappa shape index (κ3) is 3.21. The fourth-order valence-electron chi connectivity index (χ4n) is 4.85. The SMILES string of the molecule is CCOc1ccc(C2(c3ccc(OCC)cc3)c3ccccc3Nc3ccccc32)cc1. The lowest BCUT2D eigenvalue weighted by Crippen LogP contribution is -2.35. The van der Waals surface area contributed by atoms with Crippen LogP contribution in [0.15, 0.2) is 97.1 Å². The van der Waals surface area contributed by atoms with E-state index in [1.54, 1.807) is 0 Å². The molecule has 1 N–H and O–H groups in total. The molecule has 5 rings (SSSR count). The summed E-state index contributed by atoms with van der Waals surface area (Å²) < 4.78 is 11.5. The van der Waals surface area contributed by atoms with Gasteiger partial charge < -0.3 is 14.8 Å². The molecule has 0 aromatic heterocycles. The van der Waals surface area contributed by atoms with Gasteiger partial charge in [0.05, 0.1) is 18.6 Å². The van der Waals surface area contributed by atoms with Crippen molar-refractivity contribution in [3.63, 3.8) is 0 Å². The number of nitrogens with one attached hydrogen (secondary N) is 1. The maximum atomic E-state index is 5.74. The minimum Gasteiger partial charge on any atom is -0.494 e. The zero-order valence-electron chi connectivity index (χ0n) is 18.5. The van der Waals surface area contributed by atoms with Crippen LogP contribution in [0.4, 0.5) is 11.4 Å². The lowest BCUT2D eigenvalue weighted by Gasteiger charge is -2.42. The van der Waals surface area contributed by atoms with Gasteiger partial charge in [-0.05, 0) is 72.5 Å². The van der Waals surface area contributed by atoms with Crippen molar-refractivity contribution in [2.24, 2.45) is 0 Å². The average molecular weight is 422 g/mol. The van der Waals surface area contributed by atoms with Gasteiger partial charge in [-0.1, -0.05) is 60.7 Å². The zero-order chi connectivity index (χ0) is 22.0. The normalized spacial score (nSPS) is 13.4. The van der Waals surface area contributed by atoms with Crippen LogP contribution in [-0.4, -0.2) is 13.2 Å². The van der Waals surface area contributed by atoms with Crippen LogP contribution in [0.2, 0.25) is 0 Å². The molecule has 0 spiro atoms. The standard InChI is InChI=1S/C29H27NO2/c1-3-31-23-17-13-21(14-18-23)29(22-15-19-24(20-16-22)32-4-2)25-9-5-7-11-27(25)30-28-12-8-6-10-26(28)29/h5-20,30H,3-4H2,1-2H3. The Morgan fingerprint density at radius 3 is 1.38 bits per heavy atom. The van der Waals surface area contributed by atoms with Crippen molar-refractivity contribution >= 4 is 11.4 Å². The van der Waals surface area contributed by atoms with E-state index >= 15 is 0 Å². The zero-order valence-corrected chi connectivity index (χ0v) is 18.5. The first kappa shape index (κ1) is 20.2.